The van der Waals surface area contributed by atoms with E-state index < -0.39 is 51.4 Å². The van der Waals surface area contributed by atoms with Crippen LogP contribution in [0.25, 0.3) is 11.1 Å². The van der Waals surface area contributed by atoms with E-state index in [1.54, 1.807) is 6.07 Å². The van der Waals surface area contributed by atoms with Gasteiger partial charge >= 0.3 is 6.18 Å². The van der Waals surface area contributed by atoms with Crippen molar-refractivity contribution in [3.8, 4) is 29.0 Å². The Bertz CT molecular complexity index is 997. The molecule has 1 aromatic heterocycles. The zero-order valence-electron chi connectivity index (χ0n) is 12.5. The lowest BCUT2D eigenvalue weighted by Crippen LogP contribution is -2.17. The second-order valence-electron chi connectivity index (χ2n) is 4.72. The molecule has 0 aliphatic heterocycles. The average Bonchev–Trinajstić information content (AvgIpc) is 2.52. The number of anilines is 1. The summed E-state index contributed by atoms with van der Waals surface area (Å²) in [5.41, 5.74) is 1.16. The zero-order valence-corrected chi connectivity index (χ0v) is 12.5. The quantitative estimate of drug-likeness (QED) is 0.806. The second kappa shape index (κ2) is 6.17. The first-order chi connectivity index (χ1) is 11.7. The predicted molar refractivity (Wildman–Crippen MR) is 77.9 cm³/mol. The van der Waals surface area contributed by atoms with Gasteiger partial charge in [0, 0.05) is 11.1 Å². The maximum Gasteiger partial charge on any atom is 0.419 e. The summed E-state index contributed by atoms with van der Waals surface area (Å²) in [6.45, 7) is 0. The van der Waals surface area contributed by atoms with Crippen LogP contribution >= 0.6 is 0 Å². The van der Waals surface area contributed by atoms with Gasteiger partial charge in [0.05, 0.1) is 12.7 Å². The molecule has 0 spiro atoms. The second-order valence-corrected chi connectivity index (χ2v) is 4.72. The van der Waals surface area contributed by atoms with Crippen LogP contribution in [0.1, 0.15) is 16.7 Å². The maximum atomic E-state index is 14.3. The topological polar surface area (TPSA) is 116 Å². The van der Waals surface area contributed by atoms with Crippen molar-refractivity contribution in [3.63, 3.8) is 0 Å². The highest BCUT2D eigenvalue weighted by atomic mass is 19.4. The summed E-state index contributed by atoms with van der Waals surface area (Å²) >= 11 is 0. The van der Waals surface area contributed by atoms with Gasteiger partial charge in [-0.25, -0.2) is 4.39 Å². The van der Waals surface area contributed by atoms with Gasteiger partial charge in [-0.05, 0) is 12.1 Å². The molecule has 0 amide bonds. The number of nitrogens with zero attached hydrogens (tertiary/aromatic N) is 2. The monoisotopic (exact) mass is 352 g/mol. The van der Waals surface area contributed by atoms with Crippen molar-refractivity contribution in [2.24, 2.45) is 0 Å². The molecule has 10 heteroatoms. The summed E-state index contributed by atoms with van der Waals surface area (Å²) in [6, 6.07) is 4.39. The van der Waals surface area contributed by atoms with Crippen LogP contribution in [0.3, 0.4) is 0 Å². The molecule has 25 heavy (non-hydrogen) atoms. The van der Waals surface area contributed by atoms with Crippen molar-refractivity contribution in [1.29, 1.82) is 10.5 Å². The van der Waals surface area contributed by atoms with Crippen molar-refractivity contribution >= 4 is 5.82 Å². The van der Waals surface area contributed by atoms with Crippen LogP contribution < -0.4 is 16.0 Å². The fraction of sp³-hybridized carbons (Fsp3) is 0.133. The van der Waals surface area contributed by atoms with Gasteiger partial charge in [-0.3, -0.25) is 4.79 Å². The lowest BCUT2D eigenvalue weighted by molar-refractivity contribution is -0.140. The number of pyridine rings is 1. The molecule has 0 aliphatic carbocycles. The number of nitrogen functional groups attached to an aromatic ring is 1. The van der Waals surface area contributed by atoms with Crippen LogP contribution in [0.2, 0.25) is 0 Å². The number of ether oxygens (including phenoxy) is 1. The maximum absolute atomic E-state index is 14.3. The predicted octanol–water partition coefficient (Wildman–Crippen LogP) is 2.53. The third-order valence-corrected chi connectivity index (χ3v) is 3.34. The number of hydrogen-bond donors (Lipinski definition) is 2. The van der Waals surface area contributed by atoms with E-state index in [4.69, 9.17) is 15.7 Å². The Labute approximate surface area is 137 Å². The summed E-state index contributed by atoms with van der Waals surface area (Å²) in [5, 5.41) is 18.4. The Balaban J connectivity index is 2.99. The number of aromatic nitrogens is 1. The molecule has 0 bridgehead atoms. The Kier molecular flexibility index (Phi) is 4.40. The molecule has 6 nitrogen and oxygen atoms in total. The Hall–Kier alpha value is -3.53. The molecule has 0 saturated heterocycles. The van der Waals surface area contributed by atoms with E-state index in [2.05, 4.69) is 4.98 Å². The minimum absolute atomic E-state index is 0.376. The minimum atomic E-state index is -4.99. The Morgan fingerprint density at radius 2 is 1.80 bits per heavy atom. The van der Waals surface area contributed by atoms with Gasteiger partial charge < -0.3 is 15.5 Å². The fourth-order valence-corrected chi connectivity index (χ4v) is 2.28. The fourth-order valence-electron chi connectivity index (χ4n) is 2.28. The van der Waals surface area contributed by atoms with Crippen molar-refractivity contribution < 1.29 is 22.3 Å². The van der Waals surface area contributed by atoms with Crippen LogP contribution in [0.5, 0.6) is 5.75 Å². The van der Waals surface area contributed by atoms with E-state index >= 15 is 0 Å². The number of nitrogens with two attached hydrogens (primary N) is 1. The summed E-state index contributed by atoms with van der Waals surface area (Å²) in [7, 11) is 0.913. The number of alkyl halides is 3. The number of halogens is 4. The molecule has 3 N–H and O–H groups in total. The van der Waals surface area contributed by atoms with E-state index in [1.165, 1.54) is 6.07 Å². The van der Waals surface area contributed by atoms with Crippen LogP contribution in [0.15, 0.2) is 16.9 Å². The number of rotatable bonds is 2. The van der Waals surface area contributed by atoms with E-state index in [9.17, 15) is 27.6 Å². The number of nitriles is 2. The summed E-state index contributed by atoms with van der Waals surface area (Å²) < 4.78 is 57.5. The van der Waals surface area contributed by atoms with Gasteiger partial charge in [-0.1, -0.05) is 0 Å². The largest absolute Gasteiger partial charge is 0.493 e. The highest BCUT2D eigenvalue weighted by molar-refractivity contribution is 5.83. The van der Waals surface area contributed by atoms with Gasteiger partial charge in [0.2, 0.25) is 0 Å². The van der Waals surface area contributed by atoms with E-state index in [0.717, 1.165) is 13.2 Å². The normalized spacial score (nSPS) is 10.8. The van der Waals surface area contributed by atoms with Gasteiger partial charge in [-0.15, -0.1) is 0 Å². The van der Waals surface area contributed by atoms with Gasteiger partial charge in [0.15, 0.2) is 11.6 Å². The highest BCUT2D eigenvalue weighted by Gasteiger charge is 2.37. The molecule has 2 aromatic rings. The van der Waals surface area contributed by atoms with E-state index in [-0.39, 0.29) is 5.56 Å². The van der Waals surface area contributed by atoms with Gasteiger partial charge in [-0.2, -0.15) is 23.7 Å². The molecule has 0 unspecified atom stereocenters. The zero-order chi connectivity index (χ0) is 18.9. The van der Waals surface area contributed by atoms with Crippen LogP contribution in [0, 0.1) is 28.5 Å². The summed E-state index contributed by atoms with van der Waals surface area (Å²) in [4.78, 5) is 13.9. The highest BCUT2D eigenvalue weighted by Crippen LogP contribution is 2.42. The summed E-state index contributed by atoms with van der Waals surface area (Å²) in [6.07, 6.45) is -4.99. The van der Waals surface area contributed by atoms with Crippen molar-refractivity contribution in [1.82, 2.24) is 4.98 Å². The van der Waals surface area contributed by atoms with E-state index in [1.807, 2.05) is 0 Å². The number of H-pyrrole nitrogens is 1. The molecule has 0 aliphatic rings. The number of benzene rings is 1. The number of nitrogens with one attached hydrogen (secondary N) is 1. The molecule has 2 rings (SSSR count). The van der Waals surface area contributed by atoms with Crippen molar-refractivity contribution in [2.75, 3.05) is 12.8 Å². The average molecular weight is 352 g/mol. The number of methoxy groups -OCH3 is 1. The molecule has 1 heterocycles. The third-order valence-electron chi connectivity index (χ3n) is 3.34. The first-order valence-corrected chi connectivity index (χ1v) is 6.47. The number of aromatic amines is 1. The lowest BCUT2D eigenvalue weighted by atomic mass is 9.94. The van der Waals surface area contributed by atoms with Crippen LogP contribution in [-0.2, 0) is 6.18 Å². The summed E-state index contributed by atoms with van der Waals surface area (Å²) in [5.74, 6) is -3.02. The molecule has 0 saturated carbocycles. The Morgan fingerprint density at radius 3 is 2.28 bits per heavy atom. The van der Waals surface area contributed by atoms with Crippen molar-refractivity contribution in [3.05, 3.63) is 45.0 Å². The van der Waals surface area contributed by atoms with Gasteiger partial charge in [0.25, 0.3) is 5.56 Å². The standard InChI is InChI=1S/C15H8F4N4O2/c1-25-12-6(2-3-9(11(12)16)15(17,18)19)10-7(4-20)13(22)23-14(24)8(10)5-21/h2-3H,1H3,(H3,22,23,24). The molecule has 1 aromatic carbocycles. The van der Waals surface area contributed by atoms with E-state index in [0.29, 0.717) is 6.07 Å². The smallest absolute Gasteiger partial charge is 0.419 e. The minimum Gasteiger partial charge on any atom is -0.493 e. The van der Waals surface area contributed by atoms with Crippen LogP contribution in [0.4, 0.5) is 23.4 Å². The van der Waals surface area contributed by atoms with Crippen molar-refractivity contribution in [2.45, 2.75) is 6.18 Å². The molecule has 128 valence electrons. The molecule has 0 fully saturated rings. The first kappa shape index (κ1) is 17.8. The molecule has 0 atom stereocenters. The molecule has 0 radical (unpaired) electrons. The molecular weight excluding hydrogens is 344 g/mol. The first-order valence-electron chi connectivity index (χ1n) is 6.47. The third kappa shape index (κ3) is 2.85. The SMILES string of the molecule is COc1c(-c2c(C#N)c(N)[nH]c(=O)c2C#N)ccc(C(F)(F)F)c1F. The lowest BCUT2D eigenvalue weighted by Gasteiger charge is -2.16. The number of hydrogen-bond acceptors (Lipinski definition) is 5. The van der Waals surface area contributed by atoms with Crippen LogP contribution in [-0.4, -0.2) is 12.1 Å². The van der Waals surface area contributed by atoms with Gasteiger partial charge in [0.1, 0.15) is 29.1 Å². The molecular formula is C15H8F4N4O2. The Morgan fingerprint density at radius 1 is 1.20 bits per heavy atom.